The molecule has 9 nitrogen and oxygen atoms in total. The van der Waals surface area contributed by atoms with Crippen molar-refractivity contribution in [2.75, 3.05) is 25.5 Å². The number of nitrogens with one attached hydrogen (secondary N) is 2. The van der Waals surface area contributed by atoms with Crippen LogP contribution in [0.2, 0.25) is 0 Å². The number of aromatic nitrogens is 3. The predicted molar refractivity (Wildman–Crippen MR) is 134 cm³/mol. The summed E-state index contributed by atoms with van der Waals surface area (Å²) in [6.07, 6.45) is 13.8. The third-order valence-electron chi connectivity index (χ3n) is 9.26. The van der Waals surface area contributed by atoms with E-state index in [2.05, 4.69) is 49.9 Å². The van der Waals surface area contributed by atoms with Crippen LogP contribution in [0.25, 0.3) is 17.5 Å². The van der Waals surface area contributed by atoms with E-state index in [1.54, 1.807) is 6.20 Å². The molecule has 5 fully saturated rings. The van der Waals surface area contributed by atoms with Crippen molar-refractivity contribution in [3.05, 3.63) is 29.4 Å². The maximum Gasteiger partial charge on any atom is 0.316 e. The van der Waals surface area contributed by atoms with Crippen LogP contribution < -0.4 is 10.6 Å². The van der Waals surface area contributed by atoms with Crippen LogP contribution in [0.4, 0.5) is 5.69 Å². The number of nitrogens with zero attached hydrogens (tertiary/aromatic N) is 4. The monoisotopic (exact) mass is 490 g/mol. The third kappa shape index (κ3) is 3.84. The van der Waals surface area contributed by atoms with Gasteiger partial charge in [-0.25, -0.2) is 0 Å². The fourth-order valence-electron chi connectivity index (χ4n) is 7.73. The van der Waals surface area contributed by atoms with Gasteiger partial charge in [-0.15, -0.1) is 0 Å². The summed E-state index contributed by atoms with van der Waals surface area (Å²) in [6, 6.07) is 0.431. The second-order valence-corrected chi connectivity index (χ2v) is 11.9. The highest BCUT2D eigenvalue weighted by Crippen LogP contribution is 2.56. The minimum atomic E-state index is -0.471. The molecule has 5 atom stereocenters. The van der Waals surface area contributed by atoms with E-state index < -0.39 is 5.60 Å². The highest BCUT2D eigenvalue weighted by atomic mass is 16.5. The Kier molecular flexibility index (Phi) is 5.22. The molecule has 2 aromatic heterocycles. The number of aliphatic hydroxyl groups is 1. The highest BCUT2D eigenvalue weighted by Gasteiger charge is 2.55. The van der Waals surface area contributed by atoms with Crippen LogP contribution in [0.15, 0.2) is 16.8 Å². The lowest BCUT2D eigenvalue weighted by atomic mass is 9.52. The summed E-state index contributed by atoms with van der Waals surface area (Å²) in [5.41, 5.74) is 3.37. The first-order valence-electron chi connectivity index (χ1n) is 13.4. The van der Waals surface area contributed by atoms with Gasteiger partial charge in [0.05, 0.1) is 22.5 Å². The molecule has 3 unspecified atom stereocenters. The lowest BCUT2D eigenvalue weighted by Crippen LogP contribution is -2.59. The van der Waals surface area contributed by atoms with Crippen molar-refractivity contribution in [3.63, 3.8) is 0 Å². The van der Waals surface area contributed by atoms with E-state index in [0.29, 0.717) is 29.6 Å². The summed E-state index contributed by atoms with van der Waals surface area (Å²) in [5, 5.41) is 22.2. The van der Waals surface area contributed by atoms with Crippen molar-refractivity contribution in [1.82, 2.24) is 25.3 Å². The van der Waals surface area contributed by atoms with Gasteiger partial charge in [0.2, 0.25) is 5.82 Å². The summed E-state index contributed by atoms with van der Waals surface area (Å²) >= 11 is 0. The quantitative estimate of drug-likeness (QED) is 0.586. The SMILES string of the molecule is CN1CCC(NC(=O)c2nc(-c3cnc4c(c3NC3[C@@H]5CC6C[C@H]3CC(O)(C6)C5)C=CC4)no2)CC1. The van der Waals surface area contributed by atoms with Gasteiger partial charge < -0.3 is 25.2 Å². The van der Waals surface area contributed by atoms with E-state index in [1.165, 1.54) is 12.8 Å². The average molecular weight is 491 g/mol. The minimum Gasteiger partial charge on any atom is -0.390 e. The van der Waals surface area contributed by atoms with Crippen molar-refractivity contribution in [3.8, 4) is 11.4 Å². The molecule has 3 heterocycles. The van der Waals surface area contributed by atoms with E-state index in [1.807, 2.05) is 0 Å². The van der Waals surface area contributed by atoms with Gasteiger partial charge in [0.25, 0.3) is 0 Å². The molecule has 1 saturated heterocycles. The van der Waals surface area contributed by atoms with Crippen LogP contribution in [0.3, 0.4) is 0 Å². The maximum absolute atomic E-state index is 12.8. The average Bonchev–Trinajstić information content (AvgIpc) is 3.52. The van der Waals surface area contributed by atoms with Crippen LogP contribution in [-0.2, 0) is 6.42 Å². The van der Waals surface area contributed by atoms with Crippen LogP contribution in [-0.4, -0.2) is 68.9 Å². The zero-order chi connectivity index (χ0) is 24.4. The number of hydrogen-bond donors (Lipinski definition) is 3. The zero-order valence-electron chi connectivity index (χ0n) is 20.7. The van der Waals surface area contributed by atoms with Gasteiger partial charge >= 0.3 is 11.8 Å². The van der Waals surface area contributed by atoms with Gasteiger partial charge in [-0.2, -0.15) is 4.98 Å². The van der Waals surface area contributed by atoms with Crippen LogP contribution in [0.1, 0.15) is 66.9 Å². The Morgan fingerprint density at radius 2 is 1.97 bits per heavy atom. The molecule has 190 valence electrons. The summed E-state index contributed by atoms with van der Waals surface area (Å²) < 4.78 is 5.43. The number of amides is 1. The Hall–Kier alpha value is -2.78. The second kappa shape index (κ2) is 8.38. The number of piperidine rings is 1. The van der Waals surface area contributed by atoms with Gasteiger partial charge in [-0.05, 0) is 82.8 Å². The molecular weight excluding hydrogens is 456 g/mol. The molecule has 4 saturated carbocycles. The van der Waals surface area contributed by atoms with Crippen LogP contribution >= 0.6 is 0 Å². The number of allylic oxidation sites excluding steroid dienone is 1. The Labute approximate surface area is 210 Å². The van der Waals surface area contributed by atoms with E-state index in [-0.39, 0.29) is 17.8 Å². The molecular formula is C27H34N6O3. The molecule has 5 aliphatic carbocycles. The number of likely N-dealkylation sites (tertiary alicyclic amines) is 1. The molecule has 9 heteroatoms. The third-order valence-corrected chi connectivity index (χ3v) is 9.26. The van der Waals surface area contributed by atoms with Gasteiger partial charge in [0.1, 0.15) is 0 Å². The van der Waals surface area contributed by atoms with E-state index in [4.69, 9.17) is 4.52 Å². The first-order valence-corrected chi connectivity index (χ1v) is 13.4. The number of pyridine rings is 1. The van der Waals surface area contributed by atoms with Gasteiger partial charge in [-0.3, -0.25) is 9.78 Å². The largest absolute Gasteiger partial charge is 0.390 e. The topological polar surface area (TPSA) is 116 Å². The van der Waals surface area contributed by atoms with E-state index in [9.17, 15) is 9.90 Å². The highest BCUT2D eigenvalue weighted by molar-refractivity contribution is 5.91. The molecule has 0 aromatic carbocycles. The second-order valence-electron chi connectivity index (χ2n) is 11.9. The van der Waals surface area contributed by atoms with Gasteiger partial charge in [0.15, 0.2) is 0 Å². The first kappa shape index (κ1) is 22.4. The number of anilines is 1. The summed E-state index contributed by atoms with van der Waals surface area (Å²) in [7, 11) is 2.10. The number of rotatable bonds is 5. The van der Waals surface area contributed by atoms with E-state index >= 15 is 0 Å². The predicted octanol–water partition coefficient (Wildman–Crippen LogP) is 2.88. The Balaban J connectivity index is 1.16. The molecule has 0 radical (unpaired) electrons. The molecule has 2 aromatic rings. The normalized spacial score (nSPS) is 33.2. The summed E-state index contributed by atoms with van der Waals surface area (Å²) in [6.45, 7) is 1.93. The Morgan fingerprint density at radius 1 is 1.19 bits per heavy atom. The zero-order valence-corrected chi connectivity index (χ0v) is 20.7. The molecule has 36 heavy (non-hydrogen) atoms. The summed E-state index contributed by atoms with van der Waals surface area (Å²) in [5.74, 6) is 1.62. The number of fused-ring (bicyclic) bond motifs is 1. The maximum atomic E-state index is 12.8. The van der Waals surface area contributed by atoms with Crippen molar-refractivity contribution >= 4 is 17.7 Å². The minimum absolute atomic E-state index is 0.0113. The smallest absolute Gasteiger partial charge is 0.316 e. The summed E-state index contributed by atoms with van der Waals surface area (Å²) in [4.78, 5) is 24.3. The number of carbonyl (C=O) groups is 1. The fourth-order valence-corrected chi connectivity index (χ4v) is 7.73. The lowest BCUT2D eigenvalue weighted by molar-refractivity contribution is -0.129. The van der Waals surface area contributed by atoms with Gasteiger partial charge in [0, 0.05) is 30.3 Å². The van der Waals surface area contributed by atoms with Crippen LogP contribution in [0, 0.1) is 17.8 Å². The van der Waals surface area contributed by atoms with Crippen molar-refractivity contribution in [2.24, 2.45) is 17.8 Å². The van der Waals surface area contributed by atoms with Crippen molar-refractivity contribution < 1.29 is 14.4 Å². The molecule has 4 bridgehead atoms. The molecule has 0 spiro atoms. The van der Waals surface area contributed by atoms with Crippen molar-refractivity contribution in [1.29, 1.82) is 0 Å². The molecule has 3 N–H and O–H groups in total. The molecule has 1 amide bonds. The lowest BCUT2D eigenvalue weighted by Gasteiger charge is -2.58. The molecule has 6 aliphatic rings. The Morgan fingerprint density at radius 3 is 2.72 bits per heavy atom. The van der Waals surface area contributed by atoms with Gasteiger partial charge in [-0.1, -0.05) is 17.3 Å². The molecule has 1 aliphatic heterocycles. The molecule has 8 rings (SSSR count). The first-order chi connectivity index (χ1) is 17.4. The van der Waals surface area contributed by atoms with E-state index in [0.717, 1.165) is 74.1 Å². The number of carbonyl (C=O) groups excluding carboxylic acids is 1. The van der Waals surface area contributed by atoms with Crippen LogP contribution in [0.5, 0.6) is 0 Å². The Bertz CT molecular complexity index is 1200. The standard InChI is InChI=1S/C27H34N6O3/c1-33-7-5-18(6-8-33)29-25(34)26-31-24(32-36-26)20-14-28-21-4-2-3-19(21)23(20)30-22-16-9-15-10-17(22)13-27(35,11-15)12-16/h2-3,14-18,22,35H,4-13H2,1H3,(H,28,30)(H,29,34)/t15?,16-,17+,22?,27?. The fraction of sp³-hybridized carbons (Fsp3) is 0.630. The number of hydrogen-bond acceptors (Lipinski definition) is 8. The van der Waals surface area contributed by atoms with Crippen molar-refractivity contribution in [2.45, 2.75) is 69.1 Å².